The van der Waals surface area contributed by atoms with Crippen LogP contribution in [0, 0.1) is 10.1 Å². The van der Waals surface area contributed by atoms with Gasteiger partial charge in [-0.1, -0.05) is 23.4 Å². The Hall–Kier alpha value is -2.15. The first-order chi connectivity index (χ1) is 11.6. The van der Waals surface area contributed by atoms with Crippen LogP contribution >= 0.6 is 34.7 Å². The van der Waals surface area contributed by atoms with Crippen molar-refractivity contribution in [3.05, 3.63) is 80.0 Å². The molecule has 0 amide bonds. The van der Waals surface area contributed by atoms with Crippen molar-refractivity contribution in [1.82, 2.24) is 0 Å². The topological polar surface area (TPSA) is 55.5 Å². The lowest BCUT2D eigenvalue weighted by atomic mass is 10.3. The van der Waals surface area contributed by atoms with Crippen molar-refractivity contribution in [3.8, 4) is 0 Å². The second-order valence-corrected chi connectivity index (χ2v) is 7.64. The Labute approximate surface area is 152 Å². The Morgan fingerprint density at radius 3 is 2.17 bits per heavy atom. The maximum absolute atomic E-state index is 10.7. The van der Waals surface area contributed by atoms with E-state index in [9.17, 15) is 10.1 Å². The molecule has 0 N–H and O–H groups in total. The van der Waals surface area contributed by atoms with Gasteiger partial charge in [-0.05, 0) is 48.5 Å². The molecular weight excluding hydrogens is 364 g/mol. The fourth-order valence-corrected chi connectivity index (χ4v) is 3.66. The van der Waals surface area contributed by atoms with E-state index in [4.69, 9.17) is 11.6 Å². The average molecular weight is 375 g/mol. The third-order valence-corrected chi connectivity index (χ3v) is 5.24. The molecule has 120 valence electrons. The molecule has 1 aromatic heterocycles. The highest BCUT2D eigenvalue weighted by molar-refractivity contribution is 7.99. The second kappa shape index (κ2) is 7.61. The van der Waals surface area contributed by atoms with Gasteiger partial charge in [-0.15, -0.1) is 11.3 Å². The van der Waals surface area contributed by atoms with E-state index >= 15 is 0 Å². The van der Waals surface area contributed by atoms with Gasteiger partial charge in [0.15, 0.2) is 0 Å². The molecule has 4 nitrogen and oxygen atoms in total. The van der Waals surface area contributed by atoms with Crippen LogP contribution in [0.1, 0.15) is 4.88 Å². The van der Waals surface area contributed by atoms with E-state index in [2.05, 4.69) is 4.99 Å². The number of nitrogens with zero attached hydrogens (tertiary/aromatic N) is 2. The van der Waals surface area contributed by atoms with Crippen molar-refractivity contribution in [2.45, 2.75) is 9.79 Å². The van der Waals surface area contributed by atoms with Gasteiger partial charge in [-0.2, -0.15) is 0 Å². The molecule has 3 aromatic rings. The number of benzene rings is 2. The van der Waals surface area contributed by atoms with Crippen molar-refractivity contribution in [3.63, 3.8) is 0 Å². The molecule has 2 aromatic carbocycles. The van der Waals surface area contributed by atoms with Gasteiger partial charge in [0.1, 0.15) is 0 Å². The maximum Gasteiger partial charge on any atom is 0.269 e. The predicted octanol–water partition coefficient (Wildman–Crippen LogP) is 6.21. The number of halogens is 1. The van der Waals surface area contributed by atoms with E-state index in [1.54, 1.807) is 30.1 Å². The van der Waals surface area contributed by atoms with Crippen molar-refractivity contribution in [1.29, 1.82) is 0 Å². The molecule has 0 bridgehead atoms. The zero-order chi connectivity index (χ0) is 16.9. The molecule has 1 heterocycles. The maximum atomic E-state index is 10.7. The zero-order valence-electron chi connectivity index (χ0n) is 12.3. The molecule has 0 saturated carbocycles. The van der Waals surface area contributed by atoms with Crippen LogP contribution in [0.2, 0.25) is 4.34 Å². The van der Waals surface area contributed by atoms with E-state index in [-0.39, 0.29) is 5.69 Å². The summed E-state index contributed by atoms with van der Waals surface area (Å²) in [7, 11) is 0. The summed E-state index contributed by atoms with van der Waals surface area (Å²) in [6, 6.07) is 18.1. The third kappa shape index (κ3) is 4.44. The Bertz CT molecular complexity index is 874. The number of rotatable bonds is 5. The average Bonchev–Trinajstić information content (AvgIpc) is 3.00. The molecule has 0 unspecified atom stereocenters. The van der Waals surface area contributed by atoms with Crippen molar-refractivity contribution < 1.29 is 4.92 Å². The summed E-state index contributed by atoms with van der Waals surface area (Å²) < 4.78 is 0.742. The predicted molar refractivity (Wildman–Crippen MR) is 100 cm³/mol. The zero-order valence-corrected chi connectivity index (χ0v) is 14.6. The molecule has 3 rings (SSSR count). The molecule has 0 aliphatic heterocycles. The molecule has 0 radical (unpaired) electrons. The summed E-state index contributed by atoms with van der Waals surface area (Å²) in [6.45, 7) is 0. The lowest BCUT2D eigenvalue weighted by molar-refractivity contribution is -0.384. The fourth-order valence-electron chi connectivity index (χ4n) is 1.91. The van der Waals surface area contributed by atoms with Gasteiger partial charge in [-0.3, -0.25) is 15.1 Å². The van der Waals surface area contributed by atoms with Gasteiger partial charge in [0.25, 0.3) is 5.69 Å². The molecule has 0 aliphatic rings. The number of aliphatic imine (C=N–C) groups is 1. The first-order valence-corrected chi connectivity index (χ1v) is 8.93. The number of hydrogen-bond acceptors (Lipinski definition) is 5. The van der Waals surface area contributed by atoms with Crippen molar-refractivity contribution in [2.75, 3.05) is 0 Å². The Morgan fingerprint density at radius 2 is 1.62 bits per heavy atom. The summed E-state index contributed by atoms with van der Waals surface area (Å²) in [5.41, 5.74) is 0.949. The van der Waals surface area contributed by atoms with E-state index in [0.29, 0.717) is 0 Å². The normalized spacial score (nSPS) is 11.0. The number of nitro benzene ring substituents is 1. The van der Waals surface area contributed by atoms with Crippen LogP contribution in [0.3, 0.4) is 0 Å². The van der Waals surface area contributed by atoms with Gasteiger partial charge in [0, 0.05) is 33.0 Å². The van der Waals surface area contributed by atoms with E-state index in [1.165, 1.54) is 23.5 Å². The quantitative estimate of drug-likeness (QED) is 0.303. The van der Waals surface area contributed by atoms with E-state index < -0.39 is 4.92 Å². The highest BCUT2D eigenvalue weighted by atomic mass is 35.5. The monoisotopic (exact) mass is 374 g/mol. The lowest BCUT2D eigenvalue weighted by Gasteiger charge is -2.02. The molecule has 0 aliphatic carbocycles. The molecule has 0 atom stereocenters. The van der Waals surface area contributed by atoms with Crippen LogP contribution in [-0.2, 0) is 0 Å². The summed E-state index contributed by atoms with van der Waals surface area (Å²) in [5.74, 6) is 0. The molecule has 7 heteroatoms. The number of hydrogen-bond donors (Lipinski definition) is 0. The number of non-ortho nitro benzene ring substituents is 1. The van der Waals surface area contributed by atoms with Gasteiger partial charge in [0.05, 0.1) is 14.9 Å². The SMILES string of the molecule is O=[N+]([O-])c1ccc(Sc2ccc(N=Cc3ccc(Cl)s3)cc2)cc1. The summed E-state index contributed by atoms with van der Waals surface area (Å²) in [5, 5.41) is 10.7. The minimum atomic E-state index is -0.401. The largest absolute Gasteiger partial charge is 0.269 e. The number of nitro groups is 1. The Morgan fingerprint density at radius 1 is 1.00 bits per heavy atom. The molecule has 24 heavy (non-hydrogen) atoms. The van der Waals surface area contributed by atoms with Gasteiger partial charge >= 0.3 is 0 Å². The smallest absolute Gasteiger partial charge is 0.258 e. The Kier molecular flexibility index (Phi) is 5.30. The van der Waals surface area contributed by atoms with Gasteiger partial charge in [0.2, 0.25) is 0 Å². The van der Waals surface area contributed by atoms with E-state index in [0.717, 1.165) is 24.7 Å². The van der Waals surface area contributed by atoms with Crippen LogP contribution in [0.15, 0.2) is 75.4 Å². The first-order valence-electron chi connectivity index (χ1n) is 6.92. The molecular formula is C17H11ClN2O2S2. The van der Waals surface area contributed by atoms with Crippen molar-refractivity contribution >= 4 is 52.3 Å². The summed E-state index contributed by atoms with van der Waals surface area (Å²) >= 11 is 8.91. The minimum Gasteiger partial charge on any atom is -0.258 e. The lowest BCUT2D eigenvalue weighted by Crippen LogP contribution is -1.86. The van der Waals surface area contributed by atoms with Gasteiger partial charge < -0.3 is 0 Å². The Balaban J connectivity index is 1.65. The summed E-state index contributed by atoms with van der Waals surface area (Å²) in [4.78, 5) is 17.7. The standard InChI is InChI=1S/C17H11ClN2O2S2/c18-17-10-9-16(24-17)11-19-12-1-5-14(6-2-12)23-15-7-3-13(4-8-15)20(21)22/h1-11H. The van der Waals surface area contributed by atoms with Crippen LogP contribution in [0.5, 0.6) is 0 Å². The molecule has 0 fully saturated rings. The van der Waals surface area contributed by atoms with E-state index in [1.807, 2.05) is 36.4 Å². The van der Waals surface area contributed by atoms with Crippen molar-refractivity contribution in [2.24, 2.45) is 4.99 Å². The third-order valence-electron chi connectivity index (χ3n) is 3.05. The van der Waals surface area contributed by atoms with Crippen LogP contribution in [0.25, 0.3) is 0 Å². The molecule has 0 saturated heterocycles. The second-order valence-electron chi connectivity index (χ2n) is 4.75. The fraction of sp³-hybridized carbons (Fsp3) is 0. The highest BCUT2D eigenvalue weighted by Crippen LogP contribution is 2.30. The van der Waals surface area contributed by atoms with Crippen LogP contribution in [-0.4, -0.2) is 11.1 Å². The summed E-state index contributed by atoms with van der Waals surface area (Å²) in [6.07, 6.45) is 1.79. The molecule has 0 spiro atoms. The van der Waals surface area contributed by atoms with Crippen LogP contribution < -0.4 is 0 Å². The van der Waals surface area contributed by atoms with Gasteiger partial charge in [-0.25, -0.2) is 0 Å². The first kappa shape index (κ1) is 16.7. The minimum absolute atomic E-state index is 0.0951. The highest BCUT2D eigenvalue weighted by Gasteiger charge is 2.05. The number of thiophene rings is 1. The van der Waals surface area contributed by atoms with Crippen LogP contribution in [0.4, 0.5) is 11.4 Å².